The highest BCUT2D eigenvalue weighted by molar-refractivity contribution is 9.10. The number of nitrogens with zero attached hydrogens (tertiary/aromatic N) is 2. The van der Waals surface area contributed by atoms with Crippen molar-refractivity contribution in [3.05, 3.63) is 16.5 Å². The van der Waals surface area contributed by atoms with Crippen LogP contribution in [0.5, 0.6) is 0 Å². The monoisotopic (exact) mass is 259 g/mol. The van der Waals surface area contributed by atoms with E-state index >= 15 is 0 Å². The molecule has 0 aliphatic rings. The summed E-state index contributed by atoms with van der Waals surface area (Å²) in [7, 11) is 0. The summed E-state index contributed by atoms with van der Waals surface area (Å²) in [6.07, 6.45) is 0.793. The summed E-state index contributed by atoms with van der Waals surface area (Å²) in [5.41, 5.74) is 0. The third kappa shape index (κ3) is 3.23. The molecule has 0 amide bonds. The lowest BCUT2D eigenvalue weighted by Gasteiger charge is -2.12. The minimum absolute atomic E-state index is 0.00139. The third-order valence-electron chi connectivity index (χ3n) is 1.73. The fourth-order valence-electron chi connectivity index (χ4n) is 0.995. The number of halogens is 1. The average Bonchev–Trinajstić information content (AvgIpc) is 2.16. The Morgan fingerprint density at radius 3 is 2.86 bits per heavy atom. The lowest BCUT2D eigenvalue weighted by molar-refractivity contribution is 0.281. The lowest BCUT2D eigenvalue weighted by Crippen LogP contribution is -2.20. The zero-order chi connectivity index (χ0) is 10.6. The average molecular weight is 260 g/mol. The zero-order valence-corrected chi connectivity index (χ0v) is 9.87. The van der Waals surface area contributed by atoms with E-state index < -0.39 is 0 Å². The van der Waals surface area contributed by atoms with Crippen LogP contribution in [0.25, 0.3) is 0 Å². The summed E-state index contributed by atoms with van der Waals surface area (Å²) in [5, 5.41) is 12.0. The number of hydrogen-bond donors (Lipinski definition) is 2. The quantitative estimate of drug-likeness (QED) is 0.807. The van der Waals surface area contributed by atoms with Crippen molar-refractivity contribution in [1.82, 2.24) is 9.97 Å². The van der Waals surface area contributed by atoms with Crippen molar-refractivity contribution in [3.63, 3.8) is 0 Å². The van der Waals surface area contributed by atoms with Gasteiger partial charge in [0.2, 0.25) is 0 Å². The lowest BCUT2D eigenvalue weighted by atomic mass is 10.3. The summed E-state index contributed by atoms with van der Waals surface area (Å²) in [5.74, 6) is 1.53. The van der Waals surface area contributed by atoms with Crippen molar-refractivity contribution >= 4 is 21.7 Å². The molecule has 0 saturated heterocycles. The zero-order valence-electron chi connectivity index (χ0n) is 8.29. The summed E-state index contributed by atoms with van der Waals surface area (Å²) in [6, 6.07) is 1.80. The fraction of sp³-hybridized carbons (Fsp3) is 0.556. The maximum atomic E-state index is 8.87. The van der Waals surface area contributed by atoms with Crippen LogP contribution in [-0.4, -0.2) is 27.7 Å². The molecule has 0 fully saturated rings. The van der Waals surface area contributed by atoms with Crippen LogP contribution in [0.1, 0.15) is 19.7 Å². The molecule has 1 heterocycles. The molecule has 0 radical (unpaired) electrons. The van der Waals surface area contributed by atoms with Gasteiger partial charge in [-0.15, -0.1) is 0 Å². The van der Waals surface area contributed by atoms with E-state index in [-0.39, 0.29) is 12.6 Å². The second-order valence-corrected chi connectivity index (χ2v) is 3.89. The third-order valence-corrected chi connectivity index (χ3v) is 2.13. The maximum Gasteiger partial charge on any atom is 0.131 e. The van der Waals surface area contributed by atoms with Crippen molar-refractivity contribution in [2.24, 2.45) is 0 Å². The van der Waals surface area contributed by atoms with Gasteiger partial charge in [-0.05, 0) is 22.9 Å². The minimum Gasteiger partial charge on any atom is -0.394 e. The Labute approximate surface area is 91.9 Å². The van der Waals surface area contributed by atoms with Gasteiger partial charge >= 0.3 is 0 Å². The van der Waals surface area contributed by atoms with Crippen LogP contribution >= 0.6 is 15.9 Å². The fourth-order valence-corrected chi connectivity index (χ4v) is 1.42. The van der Waals surface area contributed by atoms with Gasteiger partial charge in [0.15, 0.2) is 0 Å². The molecule has 0 spiro atoms. The van der Waals surface area contributed by atoms with Gasteiger partial charge in [-0.25, -0.2) is 9.97 Å². The Bertz CT molecular complexity index is 306. The van der Waals surface area contributed by atoms with Gasteiger partial charge in [-0.1, -0.05) is 6.92 Å². The minimum atomic E-state index is 0.00139. The van der Waals surface area contributed by atoms with Crippen molar-refractivity contribution in [2.45, 2.75) is 26.3 Å². The number of rotatable bonds is 4. The van der Waals surface area contributed by atoms with Crippen LogP contribution in [0.15, 0.2) is 10.7 Å². The topological polar surface area (TPSA) is 58.0 Å². The second kappa shape index (κ2) is 5.26. The summed E-state index contributed by atoms with van der Waals surface area (Å²) >= 11 is 3.31. The Morgan fingerprint density at radius 2 is 2.29 bits per heavy atom. The van der Waals surface area contributed by atoms with Gasteiger partial charge in [0.25, 0.3) is 0 Å². The van der Waals surface area contributed by atoms with Crippen molar-refractivity contribution < 1.29 is 5.11 Å². The second-order valence-electron chi connectivity index (χ2n) is 3.07. The Morgan fingerprint density at radius 1 is 1.57 bits per heavy atom. The molecule has 2 N–H and O–H groups in total. The largest absolute Gasteiger partial charge is 0.394 e. The number of anilines is 1. The Hall–Kier alpha value is -0.680. The van der Waals surface area contributed by atoms with Gasteiger partial charge in [0.05, 0.1) is 6.61 Å². The van der Waals surface area contributed by atoms with E-state index in [1.54, 1.807) is 6.07 Å². The van der Waals surface area contributed by atoms with Crippen LogP contribution in [0, 0.1) is 0 Å². The molecular formula is C9H14BrN3O. The maximum absolute atomic E-state index is 8.87. The first-order chi connectivity index (χ1) is 6.65. The highest BCUT2D eigenvalue weighted by atomic mass is 79.9. The molecule has 1 rings (SSSR count). The number of aliphatic hydroxyl groups excluding tert-OH is 1. The van der Waals surface area contributed by atoms with E-state index in [0.717, 1.165) is 22.7 Å². The van der Waals surface area contributed by atoms with Crippen LogP contribution in [0.3, 0.4) is 0 Å². The van der Waals surface area contributed by atoms with Gasteiger partial charge in [0.1, 0.15) is 16.2 Å². The van der Waals surface area contributed by atoms with Crippen LogP contribution in [0.2, 0.25) is 0 Å². The first-order valence-electron chi connectivity index (χ1n) is 4.56. The van der Waals surface area contributed by atoms with Gasteiger partial charge in [-0.3, -0.25) is 0 Å². The molecule has 4 nitrogen and oxygen atoms in total. The smallest absolute Gasteiger partial charge is 0.131 e. The van der Waals surface area contributed by atoms with Crippen molar-refractivity contribution in [3.8, 4) is 0 Å². The van der Waals surface area contributed by atoms with Gasteiger partial charge in [0, 0.05) is 18.5 Å². The molecule has 5 heteroatoms. The van der Waals surface area contributed by atoms with Crippen LogP contribution in [-0.2, 0) is 6.42 Å². The van der Waals surface area contributed by atoms with Crippen molar-refractivity contribution in [2.75, 3.05) is 11.9 Å². The summed E-state index contributed by atoms with van der Waals surface area (Å²) in [4.78, 5) is 8.47. The summed E-state index contributed by atoms with van der Waals surface area (Å²) < 4.78 is 0.761. The van der Waals surface area contributed by atoms with Gasteiger partial charge in [-0.2, -0.15) is 0 Å². The highest BCUT2D eigenvalue weighted by Gasteiger charge is 2.04. The molecular weight excluding hydrogens is 246 g/mol. The molecule has 0 aromatic carbocycles. The standard InChI is InChI=1S/C9H14BrN3O/c1-3-8-12-7(10)4-9(13-8)11-6(2)5-14/h4,6,14H,3,5H2,1-2H3,(H,11,12,13). The highest BCUT2D eigenvalue weighted by Crippen LogP contribution is 2.13. The molecule has 1 atom stereocenters. The number of aryl methyl sites for hydroxylation is 1. The van der Waals surface area contributed by atoms with Crippen molar-refractivity contribution in [1.29, 1.82) is 0 Å². The van der Waals surface area contributed by atoms with E-state index in [1.165, 1.54) is 0 Å². The SMILES string of the molecule is CCc1nc(Br)cc(NC(C)CO)n1. The van der Waals surface area contributed by atoms with E-state index in [9.17, 15) is 0 Å². The number of nitrogens with one attached hydrogen (secondary N) is 1. The predicted octanol–water partition coefficient (Wildman–Crippen LogP) is 1.59. The Balaban J connectivity index is 2.81. The molecule has 0 bridgehead atoms. The molecule has 1 unspecified atom stereocenters. The molecule has 1 aromatic heterocycles. The van der Waals surface area contributed by atoms with E-state index in [2.05, 4.69) is 31.2 Å². The number of aromatic nitrogens is 2. The normalized spacial score (nSPS) is 12.6. The molecule has 1 aromatic rings. The van der Waals surface area contributed by atoms with Crippen LogP contribution < -0.4 is 5.32 Å². The molecule has 14 heavy (non-hydrogen) atoms. The molecule has 0 saturated carbocycles. The predicted molar refractivity (Wildman–Crippen MR) is 59.3 cm³/mol. The van der Waals surface area contributed by atoms with E-state index in [4.69, 9.17) is 5.11 Å². The first-order valence-corrected chi connectivity index (χ1v) is 5.35. The van der Waals surface area contributed by atoms with Crippen LogP contribution in [0.4, 0.5) is 5.82 Å². The molecule has 78 valence electrons. The van der Waals surface area contributed by atoms with Gasteiger partial charge < -0.3 is 10.4 Å². The number of hydrogen-bond acceptors (Lipinski definition) is 4. The number of aliphatic hydroxyl groups is 1. The van der Waals surface area contributed by atoms with E-state index in [1.807, 2.05) is 13.8 Å². The van der Waals surface area contributed by atoms with E-state index in [0.29, 0.717) is 0 Å². The Kier molecular flexibility index (Phi) is 4.28. The summed E-state index contributed by atoms with van der Waals surface area (Å²) in [6.45, 7) is 3.98. The molecule has 0 aliphatic carbocycles. The first kappa shape index (κ1) is 11.4. The molecule has 0 aliphatic heterocycles.